The first-order chi connectivity index (χ1) is 20.7. The molecule has 1 heterocycles. The van der Waals surface area contributed by atoms with Crippen LogP contribution in [0.3, 0.4) is 0 Å². The number of hydrogen-bond acceptors (Lipinski definition) is 8. The highest BCUT2D eigenvalue weighted by Gasteiger charge is 2.73. The van der Waals surface area contributed by atoms with Gasteiger partial charge in [-0.1, -0.05) is 20.8 Å². The van der Waals surface area contributed by atoms with Crippen molar-refractivity contribution in [1.82, 2.24) is 0 Å². The minimum atomic E-state index is -4.19. The Morgan fingerprint density at radius 3 is 2.27 bits per heavy atom. The van der Waals surface area contributed by atoms with Crippen LogP contribution in [0.25, 0.3) is 0 Å². The largest absolute Gasteiger partial charge is 0.463 e. The van der Waals surface area contributed by atoms with Gasteiger partial charge in [0, 0.05) is 31.6 Å². The molecular weight excluding hydrogens is 587 g/mol. The van der Waals surface area contributed by atoms with E-state index in [1.807, 2.05) is 0 Å². The summed E-state index contributed by atoms with van der Waals surface area (Å²) >= 11 is 0. The predicted octanol–water partition coefficient (Wildman–Crippen LogP) is 5.66. The van der Waals surface area contributed by atoms with Crippen molar-refractivity contribution in [3.05, 3.63) is 30.1 Å². The molecule has 0 bridgehead atoms. The van der Waals surface area contributed by atoms with Gasteiger partial charge in [0.1, 0.15) is 29.4 Å². The maximum Gasteiger partial charge on any atom is 0.306 e. The number of carbonyl (C=O) groups is 3. The van der Waals surface area contributed by atoms with E-state index in [1.165, 1.54) is 26.0 Å². The molecule has 0 spiro atoms. The first-order valence-electron chi connectivity index (χ1n) is 16.2. The lowest BCUT2D eigenvalue weighted by Crippen LogP contribution is -2.70. The fourth-order valence-electron chi connectivity index (χ4n) is 10.9. The lowest BCUT2D eigenvalue weighted by Gasteiger charge is -2.66. The van der Waals surface area contributed by atoms with Crippen LogP contribution in [0.15, 0.2) is 29.2 Å². The molecule has 4 aliphatic carbocycles. The van der Waals surface area contributed by atoms with Gasteiger partial charge in [-0.15, -0.1) is 0 Å². The number of hydrogen-bond donors (Lipinski definition) is 0. The normalized spacial score (nSPS) is 43.3. The number of benzene rings is 1. The third-order valence-electron chi connectivity index (χ3n) is 12.6. The van der Waals surface area contributed by atoms with Crippen molar-refractivity contribution >= 4 is 27.7 Å². The lowest BCUT2D eigenvalue weighted by atomic mass is 9.42. The molecule has 0 unspecified atom stereocenters. The van der Waals surface area contributed by atoms with E-state index in [1.54, 1.807) is 0 Å². The van der Waals surface area contributed by atoms with Crippen LogP contribution in [0.1, 0.15) is 86.0 Å². The quantitative estimate of drug-likeness (QED) is 0.237. The lowest BCUT2D eigenvalue weighted by molar-refractivity contribution is -0.225. The molecule has 10 heteroatoms. The second-order valence-electron chi connectivity index (χ2n) is 14.7. The van der Waals surface area contributed by atoms with Gasteiger partial charge < -0.3 is 14.2 Å². The van der Waals surface area contributed by atoms with Crippen molar-refractivity contribution < 1.29 is 41.4 Å². The number of ether oxygens (including phenoxy) is 3. The first-order valence-corrected chi connectivity index (χ1v) is 17.8. The number of fused-ring (bicyclic) bond motifs is 4. The Bertz CT molecular complexity index is 1430. The summed E-state index contributed by atoms with van der Waals surface area (Å²) in [6.45, 7) is 9.18. The van der Waals surface area contributed by atoms with Crippen LogP contribution < -0.4 is 0 Å². The molecule has 1 saturated heterocycles. The van der Waals surface area contributed by atoms with E-state index in [0.717, 1.165) is 25.0 Å². The van der Waals surface area contributed by atoms with E-state index in [4.69, 9.17) is 14.2 Å². The van der Waals surface area contributed by atoms with Gasteiger partial charge >= 0.3 is 17.9 Å². The van der Waals surface area contributed by atoms with Gasteiger partial charge in [-0.2, -0.15) is 0 Å². The van der Waals surface area contributed by atoms with Gasteiger partial charge in [0.2, 0.25) is 0 Å². The van der Waals surface area contributed by atoms with Crippen LogP contribution in [0.4, 0.5) is 4.39 Å². The molecule has 1 aliphatic heterocycles. The Kier molecular flexibility index (Phi) is 7.94. The van der Waals surface area contributed by atoms with Crippen molar-refractivity contribution in [3.8, 4) is 0 Å². The molecule has 5 fully saturated rings. The van der Waals surface area contributed by atoms with Crippen LogP contribution in [0.2, 0.25) is 0 Å². The molecule has 12 atom stereocenters. The molecule has 0 N–H and O–H groups in total. The topological polar surface area (TPSA) is 113 Å². The Morgan fingerprint density at radius 2 is 1.61 bits per heavy atom. The summed E-state index contributed by atoms with van der Waals surface area (Å²) in [5.74, 6) is -2.30. The fraction of sp³-hybridized carbons (Fsp3) is 0.735. The molecule has 4 saturated carbocycles. The van der Waals surface area contributed by atoms with Crippen molar-refractivity contribution in [2.75, 3.05) is 0 Å². The second-order valence-corrected chi connectivity index (χ2v) is 16.8. The molecule has 44 heavy (non-hydrogen) atoms. The summed E-state index contributed by atoms with van der Waals surface area (Å²) in [5.41, 5.74) is -1.19. The SMILES string of the molecule is CC(=O)O[C@@H]1CC[C@@]2(C)[C@@H](C1)C[C@@H](OC(C)=O)[C@@H]1[C@@H]2[C@@H](S(=O)(=O)c2ccc(F)cc2)[C@@H]2OC(=O)CC[C@@H](C)[C@H]3CC[C@@H]1[C@@]32C. The van der Waals surface area contributed by atoms with Crippen LogP contribution in [-0.2, 0) is 38.4 Å². The Hall–Kier alpha value is -2.49. The van der Waals surface area contributed by atoms with E-state index < -0.39 is 61.8 Å². The zero-order chi connectivity index (χ0) is 31.8. The smallest absolute Gasteiger partial charge is 0.306 e. The fourth-order valence-corrected chi connectivity index (χ4v) is 13.3. The van der Waals surface area contributed by atoms with Crippen molar-refractivity contribution in [3.63, 3.8) is 0 Å². The zero-order valence-electron chi connectivity index (χ0n) is 26.3. The third-order valence-corrected chi connectivity index (χ3v) is 14.8. The summed E-state index contributed by atoms with van der Waals surface area (Å²) in [7, 11) is -4.19. The van der Waals surface area contributed by atoms with Crippen molar-refractivity contribution in [1.29, 1.82) is 0 Å². The van der Waals surface area contributed by atoms with Crippen molar-refractivity contribution in [2.24, 2.45) is 46.3 Å². The Morgan fingerprint density at radius 1 is 0.955 bits per heavy atom. The van der Waals surface area contributed by atoms with Crippen LogP contribution in [0, 0.1) is 52.2 Å². The number of rotatable bonds is 4. The summed E-state index contributed by atoms with van der Waals surface area (Å²) < 4.78 is 62.3. The molecule has 0 aromatic heterocycles. The molecule has 6 rings (SSSR count). The summed E-state index contributed by atoms with van der Waals surface area (Å²) in [5, 5.41) is -1.12. The van der Waals surface area contributed by atoms with Gasteiger partial charge in [-0.05, 0) is 104 Å². The maximum absolute atomic E-state index is 15.0. The summed E-state index contributed by atoms with van der Waals surface area (Å²) in [4.78, 5) is 37.9. The van der Waals surface area contributed by atoms with Crippen LogP contribution in [0.5, 0.6) is 0 Å². The van der Waals surface area contributed by atoms with Gasteiger partial charge in [-0.25, -0.2) is 12.8 Å². The van der Waals surface area contributed by atoms with E-state index in [0.29, 0.717) is 32.1 Å². The van der Waals surface area contributed by atoms with E-state index in [-0.39, 0.29) is 53.0 Å². The molecule has 1 aromatic carbocycles. The minimum Gasteiger partial charge on any atom is -0.463 e. The summed E-state index contributed by atoms with van der Waals surface area (Å²) in [6, 6.07) is 4.91. The number of carbonyl (C=O) groups excluding carboxylic acids is 3. The highest BCUT2D eigenvalue weighted by atomic mass is 32.2. The molecule has 8 nitrogen and oxygen atoms in total. The van der Waals surface area contributed by atoms with Gasteiger partial charge in [0.15, 0.2) is 9.84 Å². The van der Waals surface area contributed by atoms with Gasteiger partial charge in [-0.3, -0.25) is 14.4 Å². The highest BCUT2D eigenvalue weighted by molar-refractivity contribution is 7.92. The monoisotopic (exact) mass is 632 g/mol. The standard InChI is InChI=1S/C34H45FO8S/c1-18-6-13-28(38)43-32-31(44(39,40)24-9-7-22(35)8-10-24)30-29(26-12-11-25(18)34(26,32)5)27(42-20(3)37)17-21-16-23(41-19(2)36)14-15-33(21,30)4/h7-10,18,21,23,25-27,29-32H,6,11-17H2,1-5H3/t18-,21+,23-,25-,26+,27-,29-,30-,31-,32+,33+,34-/m1/s1. The average Bonchev–Trinajstić information content (AvgIpc) is 3.29. The molecule has 1 aromatic rings. The van der Waals surface area contributed by atoms with E-state index in [2.05, 4.69) is 20.8 Å². The number of halogens is 1. The zero-order valence-corrected chi connectivity index (χ0v) is 27.1. The van der Waals surface area contributed by atoms with Gasteiger partial charge in [0.25, 0.3) is 0 Å². The Balaban J connectivity index is 1.58. The summed E-state index contributed by atoms with van der Waals surface area (Å²) in [6.07, 6.45) is 3.15. The van der Waals surface area contributed by atoms with Crippen LogP contribution in [-0.4, -0.2) is 49.9 Å². The van der Waals surface area contributed by atoms with Crippen molar-refractivity contribution in [2.45, 2.75) is 114 Å². The Labute approximate surface area is 259 Å². The molecule has 242 valence electrons. The van der Waals surface area contributed by atoms with E-state index >= 15 is 8.42 Å². The highest BCUT2D eigenvalue weighted by Crippen LogP contribution is 2.71. The minimum absolute atomic E-state index is 0.00578. The number of sulfone groups is 1. The number of esters is 3. The van der Waals surface area contributed by atoms with E-state index in [9.17, 15) is 18.8 Å². The molecule has 0 amide bonds. The third kappa shape index (κ3) is 4.89. The second kappa shape index (κ2) is 11.1. The van der Waals surface area contributed by atoms with Crippen LogP contribution >= 0.6 is 0 Å². The first kappa shape index (κ1) is 31.5. The molecule has 0 radical (unpaired) electrons. The molecular formula is C34H45FO8S. The van der Waals surface area contributed by atoms with Gasteiger partial charge in [0.05, 0.1) is 4.90 Å². The predicted molar refractivity (Wildman–Crippen MR) is 158 cm³/mol. The average molecular weight is 633 g/mol. The maximum atomic E-state index is 15.0. The molecule has 5 aliphatic rings.